The van der Waals surface area contributed by atoms with Crippen LogP contribution < -0.4 is 5.48 Å². The molecule has 94 valence electrons. The average Bonchev–Trinajstić information content (AvgIpc) is 2.82. The van der Waals surface area contributed by atoms with Gasteiger partial charge in [0.2, 0.25) is 0 Å². The molecule has 2 N–H and O–H groups in total. The van der Waals surface area contributed by atoms with Crippen molar-refractivity contribution in [3.05, 3.63) is 34.3 Å². The summed E-state index contributed by atoms with van der Waals surface area (Å²) in [5.74, 6) is 0. The van der Waals surface area contributed by atoms with Crippen molar-refractivity contribution in [3.8, 4) is 0 Å². The summed E-state index contributed by atoms with van der Waals surface area (Å²) in [6, 6.07) is 7.69. The van der Waals surface area contributed by atoms with E-state index in [1.165, 1.54) is 12.8 Å². The van der Waals surface area contributed by atoms with Crippen molar-refractivity contribution in [3.63, 3.8) is 0 Å². The summed E-state index contributed by atoms with van der Waals surface area (Å²) < 4.78 is 0.978. The molecule has 0 aliphatic heterocycles. The van der Waals surface area contributed by atoms with E-state index >= 15 is 0 Å². The van der Waals surface area contributed by atoms with Crippen molar-refractivity contribution >= 4 is 15.9 Å². The lowest BCUT2D eigenvalue weighted by molar-refractivity contribution is -0.0372. The number of hydrogen-bond donors (Lipinski definition) is 2. The highest BCUT2D eigenvalue weighted by Gasteiger charge is 2.16. The van der Waals surface area contributed by atoms with E-state index in [0.717, 1.165) is 22.9 Å². The number of aliphatic hydroxyl groups excluding tert-OH is 1. The number of rotatable bonds is 5. The fourth-order valence-corrected chi connectivity index (χ4v) is 2.50. The van der Waals surface area contributed by atoms with E-state index in [0.29, 0.717) is 12.6 Å². The van der Waals surface area contributed by atoms with Crippen LogP contribution in [0.15, 0.2) is 28.7 Å². The first-order valence-electron chi connectivity index (χ1n) is 6.08. The fourth-order valence-electron chi connectivity index (χ4n) is 2.08. The van der Waals surface area contributed by atoms with E-state index in [9.17, 15) is 5.11 Å². The third kappa shape index (κ3) is 4.07. The van der Waals surface area contributed by atoms with Crippen LogP contribution in [0.3, 0.4) is 0 Å². The summed E-state index contributed by atoms with van der Waals surface area (Å²) in [6.07, 6.45) is 4.54. The fraction of sp³-hybridized carbons (Fsp3) is 0.538. The molecule has 0 aromatic heterocycles. The Morgan fingerprint density at radius 2 is 2.18 bits per heavy atom. The lowest BCUT2D eigenvalue weighted by Gasteiger charge is -2.15. The molecule has 0 spiro atoms. The zero-order valence-corrected chi connectivity index (χ0v) is 11.3. The first-order chi connectivity index (χ1) is 8.25. The maximum Gasteiger partial charge on any atom is 0.0938 e. The van der Waals surface area contributed by atoms with E-state index < -0.39 is 6.10 Å². The molecule has 0 bridgehead atoms. The Labute approximate surface area is 110 Å². The number of hydroxylamine groups is 1. The molecule has 4 heteroatoms. The molecule has 2 rings (SSSR count). The summed E-state index contributed by atoms with van der Waals surface area (Å²) in [5, 5.41) is 9.96. The predicted molar refractivity (Wildman–Crippen MR) is 70.4 cm³/mol. The SMILES string of the molecule is OC(CNOC1CCCC1)c1cccc(Br)c1. The lowest BCUT2D eigenvalue weighted by Crippen LogP contribution is -2.26. The van der Waals surface area contributed by atoms with E-state index in [1.54, 1.807) is 0 Å². The molecule has 1 saturated carbocycles. The maximum atomic E-state index is 9.96. The molecule has 17 heavy (non-hydrogen) atoms. The van der Waals surface area contributed by atoms with Gasteiger partial charge in [0.1, 0.15) is 0 Å². The minimum absolute atomic E-state index is 0.324. The molecule has 1 fully saturated rings. The van der Waals surface area contributed by atoms with Crippen LogP contribution in [-0.2, 0) is 4.84 Å². The smallest absolute Gasteiger partial charge is 0.0938 e. The summed E-state index contributed by atoms with van der Waals surface area (Å²) in [4.78, 5) is 5.50. The number of benzene rings is 1. The van der Waals surface area contributed by atoms with Crippen LogP contribution in [0.1, 0.15) is 37.4 Å². The Morgan fingerprint density at radius 3 is 2.88 bits per heavy atom. The summed E-state index contributed by atoms with van der Waals surface area (Å²) >= 11 is 3.39. The van der Waals surface area contributed by atoms with E-state index in [1.807, 2.05) is 24.3 Å². The van der Waals surface area contributed by atoms with Gasteiger partial charge in [0.25, 0.3) is 0 Å². The number of halogens is 1. The highest BCUT2D eigenvalue weighted by molar-refractivity contribution is 9.10. The first kappa shape index (κ1) is 13.0. The molecular weight excluding hydrogens is 282 g/mol. The zero-order valence-electron chi connectivity index (χ0n) is 9.73. The van der Waals surface area contributed by atoms with Gasteiger partial charge in [0.15, 0.2) is 0 Å². The van der Waals surface area contributed by atoms with Gasteiger partial charge >= 0.3 is 0 Å². The van der Waals surface area contributed by atoms with Gasteiger partial charge in [-0.1, -0.05) is 40.9 Å². The molecule has 0 saturated heterocycles. The Bertz CT molecular complexity index is 353. The molecule has 3 nitrogen and oxygen atoms in total. The van der Waals surface area contributed by atoms with Crippen molar-refractivity contribution in [1.29, 1.82) is 0 Å². The van der Waals surface area contributed by atoms with Crippen molar-refractivity contribution in [2.24, 2.45) is 0 Å². The lowest BCUT2D eigenvalue weighted by atomic mass is 10.1. The van der Waals surface area contributed by atoms with Crippen LogP contribution in [0.5, 0.6) is 0 Å². The Hall–Kier alpha value is -0.420. The quantitative estimate of drug-likeness (QED) is 0.822. The van der Waals surface area contributed by atoms with E-state index in [4.69, 9.17) is 4.84 Å². The van der Waals surface area contributed by atoms with Crippen molar-refractivity contribution in [1.82, 2.24) is 5.48 Å². The summed E-state index contributed by atoms with van der Waals surface area (Å²) in [5.41, 5.74) is 3.77. The van der Waals surface area contributed by atoms with Gasteiger partial charge in [-0.3, -0.25) is 4.84 Å². The number of hydrogen-bond acceptors (Lipinski definition) is 3. The third-order valence-electron chi connectivity index (χ3n) is 3.06. The molecule has 1 aromatic carbocycles. The minimum atomic E-state index is -0.533. The molecule has 1 aliphatic rings. The third-order valence-corrected chi connectivity index (χ3v) is 3.56. The molecular formula is C13H18BrNO2. The molecule has 1 aromatic rings. The summed E-state index contributed by atoms with van der Waals surface area (Å²) in [7, 11) is 0. The first-order valence-corrected chi connectivity index (χ1v) is 6.87. The minimum Gasteiger partial charge on any atom is -0.387 e. The topological polar surface area (TPSA) is 41.5 Å². The van der Waals surface area contributed by atoms with Crippen LogP contribution in [0.4, 0.5) is 0 Å². The number of aliphatic hydroxyl groups is 1. The van der Waals surface area contributed by atoms with Gasteiger partial charge < -0.3 is 5.11 Å². The monoisotopic (exact) mass is 299 g/mol. The highest BCUT2D eigenvalue weighted by atomic mass is 79.9. The van der Waals surface area contributed by atoms with Gasteiger partial charge in [0, 0.05) is 4.47 Å². The van der Waals surface area contributed by atoms with Gasteiger partial charge in [0.05, 0.1) is 18.8 Å². The van der Waals surface area contributed by atoms with Crippen LogP contribution in [0.2, 0.25) is 0 Å². The van der Waals surface area contributed by atoms with Gasteiger partial charge in [-0.05, 0) is 30.5 Å². The van der Waals surface area contributed by atoms with Crippen LogP contribution in [-0.4, -0.2) is 17.8 Å². The Balaban J connectivity index is 1.74. The number of nitrogens with one attached hydrogen (secondary N) is 1. The highest BCUT2D eigenvalue weighted by Crippen LogP contribution is 2.21. The van der Waals surface area contributed by atoms with Gasteiger partial charge in [-0.25, -0.2) is 0 Å². The summed E-state index contributed by atoms with van der Waals surface area (Å²) in [6.45, 7) is 0.424. The van der Waals surface area contributed by atoms with Crippen LogP contribution in [0.25, 0.3) is 0 Å². The Kier molecular flexibility index (Phi) is 4.98. The second-order valence-corrected chi connectivity index (χ2v) is 5.36. The van der Waals surface area contributed by atoms with Gasteiger partial charge in [-0.15, -0.1) is 0 Å². The molecule has 0 heterocycles. The zero-order chi connectivity index (χ0) is 12.1. The van der Waals surface area contributed by atoms with E-state index in [2.05, 4.69) is 21.4 Å². The normalized spacial score (nSPS) is 18.5. The molecule has 0 amide bonds. The second-order valence-electron chi connectivity index (χ2n) is 4.44. The Morgan fingerprint density at radius 1 is 1.41 bits per heavy atom. The largest absolute Gasteiger partial charge is 0.387 e. The molecule has 1 atom stereocenters. The second kappa shape index (κ2) is 6.50. The van der Waals surface area contributed by atoms with Crippen molar-refractivity contribution in [2.75, 3.05) is 6.54 Å². The average molecular weight is 300 g/mol. The molecule has 1 aliphatic carbocycles. The van der Waals surface area contributed by atoms with Crippen LogP contribution >= 0.6 is 15.9 Å². The standard InChI is InChI=1S/C13H18BrNO2/c14-11-5-3-4-10(8-11)13(16)9-15-17-12-6-1-2-7-12/h3-5,8,12-13,15-16H,1-2,6-7,9H2. The van der Waals surface area contributed by atoms with E-state index in [-0.39, 0.29) is 0 Å². The molecule has 0 radical (unpaired) electrons. The van der Waals surface area contributed by atoms with Crippen LogP contribution in [0, 0.1) is 0 Å². The van der Waals surface area contributed by atoms with Crippen molar-refractivity contribution in [2.45, 2.75) is 37.9 Å². The predicted octanol–water partition coefficient (Wildman–Crippen LogP) is 2.95. The molecule has 1 unspecified atom stereocenters. The maximum absolute atomic E-state index is 9.96. The van der Waals surface area contributed by atoms with Crippen molar-refractivity contribution < 1.29 is 9.94 Å². The van der Waals surface area contributed by atoms with Gasteiger partial charge in [-0.2, -0.15) is 5.48 Å².